The quantitative estimate of drug-likeness (QED) is 0.488. The smallest absolute Gasteiger partial charge is 0.407 e. The molecule has 17 heavy (non-hydrogen) atoms. The summed E-state index contributed by atoms with van der Waals surface area (Å²) in [4.78, 5) is 15.3. The summed E-state index contributed by atoms with van der Waals surface area (Å²) in [5.74, 6) is 0. The molecule has 0 bridgehead atoms. The fraction of sp³-hybridized carbons (Fsp3) is 0.636. The second kappa shape index (κ2) is 7.54. The number of hydrogen-bond donors (Lipinski definition) is 3. The van der Waals surface area contributed by atoms with Crippen LogP contribution in [0.2, 0.25) is 0 Å². The molecule has 0 rings (SSSR count). The van der Waals surface area contributed by atoms with Gasteiger partial charge < -0.3 is 21.5 Å². The van der Waals surface area contributed by atoms with Crippen molar-refractivity contribution in [3.05, 3.63) is 11.9 Å². The highest BCUT2D eigenvalue weighted by Gasteiger charge is 2.15. The van der Waals surface area contributed by atoms with Gasteiger partial charge in [-0.1, -0.05) is 0 Å². The Morgan fingerprint density at radius 1 is 1.47 bits per heavy atom. The van der Waals surface area contributed by atoms with Crippen LogP contribution < -0.4 is 16.8 Å². The molecule has 98 valence electrons. The van der Waals surface area contributed by atoms with Gasteiger partial charge in [0, 0.05) is 25.5 Å². The number of carbonyl (C=O) groups excluding carboxylic acids is 1. The number of nitrogens with zero attached hydrogens (tertiary/aromatic N) is 1. The summed E-state index contributed by atoms with van der Waals surface area (Å²) < 4.78 is 5.07. The third-order valence-electron chi connectivity index (χ3n) is 1.57. The van der Waals surface area contributed by atoms with Gasteiger partial charge in [-0.15, -0.1) is 0 Å². The van der Waals surface area contributed by atoms with Gasteiger partial charge in [0.1, 0.15) is 5.60 Å². The van der Waals surface area contributed by atoms with E-state index in [1.54, 1.807) is 0 Å². The highest BCUT2D eigenvalue weighted by molar-refractivity contribution is 5.76. The van der Waals surface area contributed by atoms with E-state index in [-0.39, 0.29) is 0 Å². The molecule has 0 heterocycles. The van der Waals surface area contributed by atoms with E-state index in [0.717, 1.165) is 0 Å². The summed E-state index contributed by atoms with van der Waals surface area (Å²) in [6.45, 7) is 6.54. The Kier molecular flexibility index (Phi) is 6.77. The Bertz CT molecular complexity index is 292. The number of amides is 1. The molecule has 0 aliphatic carbocycles. The second-order valence-electron chi connectivity index (χ2n) is 4.48. The molecule has 5 N–H and O–H groups in total. The number of hydrogen-bond acceptors (Lipinski definition) is 5. The van der Waals surface area contributed by atoms with Crippen molar-refractivity contribution >= 4 is 12.3 Å². The van der Waals surface area contributed by atoms with Crippen LogP contribution in [0.5, 0.6) is 0 Å². The fourth-order valence-corrected chi connectivity index (χ4v) is 0.888. The van der Waals surface area contributed by atoms with E-state index >= 15 is 0 Å². The molecule has 1 amide bonds. The van der Waals surface area contributed by atoms with Gasteiger partial charge in [0.05, 0.1) is 5.70 Å². The lowest BCUT2D eigenvalue weighted by Gasteiger charge is -2.19. The van der Waals surface area contributed by atoms with Crippen LogP contribution in [0, 0.1) is 0 Å². The largest absolute Gasteiger partial charge is 0.444 e. The van der Waals surface area contributed by atoms with Gasteiger partial charge in [-0.2, -0.15) is 0 Å². The predicted molar refractivity (Wildman–Crippen MR) is 68.7 cm³/mol. The molecule has 0 aromatic rings. The monoisotopic (exact) mass is 242 g/mol. The SMILES string of the molecule is CC(C)(C)OC(=O)NCCCN=CC(N)=CN. The van der Waals surface area contributed by atoms with Crippen LogP contribution in [0.25, 0.3) is 0 Å². The summed E-state index contributed by atoms with van der Waals surface area (Å²) in [5, 5.41) is 2.64. The Morgan fingerprint density at radius 3 is 2.65 bits per heavy atom. The average Bonchev–Trinajstić information content (AvgIpc) is 2.20. The van der Waals surface area contributed by atoms with E-state index in [9.17, 15) is 4.79 Å². The van der Waals surface area contributed by atoms with Crippen molar-refractivity contribution in [1.82, 2.24) is 5.32 Å². The summed E-state index contributed by atoms with van der Waals surface area (Å²) >= 11 is 0. The van der Waals surface area contributed by atoms with Crippen molar-refractivity contribution in [2.75, 3.05) is 13.1 Å². The topological polar surface area (TPSA) is 103 Å². The zero-order valence-corrected chi connectivity index (χ0v) is 10.7. The maximum atomic E-state index is 11.2. The molecule has 0 saturated carbocycles. The van der Waals surface area contributed by atoms with Gasteiger partial charge in [0.25, 0.3) is 0 Å². The lowest BCUT2D eigenvalue weighted by Crippen LogP contribution is -2.33. The Balaban J connectivity index is 3.59. The number of rotatable bonds is 5. The molecule has 0 unspecified atom stereocenters. The van der Waals surface area contributed by atoms with Crippen molar-refractivity contribution in [1.29, 1.82) is 0 Å². The zero-order chi connectivity index (χ0) is 13.3. The van der Waals surface area contributed by atoms with Gasteiger partial charge in [0.2, 0.25) is 0 Å². The molecule has 6 nitrogen and oxygen atoms in total. The Hall–Kier alpha value is -1.72. The number of nitrogens with one attached hydrogen (secondary N) is 1. The molecule has 0 atom stereocenters. The first-order valence-corrected chi connectivity index (χ1v) is 5.49. The second-order valence-corrected chi connectivity index (χ2v) is 4.48. The molecule has 0 aromatic heterocycles. The lowest BCUT2D eigenvalue weighted by molar-refractivity contribution is 0.0527. The van der Waals surface area contributed by atoms with Crippen LogP contribution in [-0.2, 0) is 4.74 Å². The van der Waals surface area contributed by atoms with E-state index in [1.165, 1.54) is 12.4 Å². The zero-order valence-electron chi connectivity index (χ0n) is 10.7. The lowest BCUT2D eigenvalue weighted by atomic mass is 10.2. The first-order chi connectivity index (χ1) is 7.85. The van der Waals surface area contributed by atoms with Crippen molar-refractivity contribution < 1.29 is 9.53 Å². The predicted octanol–water partition coefficient (Wildman–Crippen LogP) is 0.731. The van der Waals surface area contributed by atoms with Crippen molar-refractivity contribution in [3.8, 4) is 0 Å². The number of allylic oxidation sites excluding steroid dienone is 1. The molecule has 6 heteroatoms. The molecule has 0 fully saturated rings. The van der Waals surface area contributed by atoms with Crippen LogP contribution in [0.3, 0.4) is 0 Å². The minimum absolute atomic E-state index is 0.414. The maximum absolute atomic E-state index is 11.2. The van der Waals surface area contributed by atoms with Crippen molar-refractivity contribution in [2.45, 2.75) is 32.8 Å². The fourth-order valence-electron chi connectivity index (χ4n) is 0.888. The van der Waals surface area contributed by atoms with Crippen molar-refractivity contribution in [2.24, 2.45) is 16.5 Å². The van der Waals surface area contributed by atoms with Crippen LogP contribution in [0.4, 0.5) is 4.79 Å². The van der Waals surface area contributed by atoms with Gasteiger partial charge in [-0.05, 0) is 27.2 Å². The maximum Gasteiger partial charge on any atom is 0.407 e. The van der Waals surface area contributed by atoms with Gasteiger partial charge >= 0.3 is 6.09 Å². The standard InChI is InChI=1S/C11H22N4O2/c1-11(2,3)17-10(16)15-6-4-5-14-8-9(13)7-12/h7-8H,4-6,12-13H2,1-3H3,(H,15,16). The first-order valence-electron chi connectivity index (χ1n) is 5.49. The third kappa shape index (κ3) is 10.6. The highest BCUT2D eigenvalue weighted by atomic mass is 16.6. The molecule has 0 saturated heterocycles. The molecule has 0 radical (unpaired) electrons. The molecular formula is C11H22N4O2. The molecule has 0 spiro atoms. The van der Waals surface area contributed by atoms with Crippen LogP contribution in [0.15, 0.2) is 16.9 Å². The summed E-state index contributed by atoms with van der Waals surface area (Å²) in [7, 11) is 0. The minimum Gasteiger partial charge on any atom is -0.444 e. The summed E-state index contributed by atoms with van der Waals surface area (Å²) in [6, 6.07) is 0. The Labute approximate surface area is 102 Å². The molecular weight excluding hydrogens is 220 g/mol. The van der Waals surface area contributed by atoms with Gasteiger partial charge in [-0.25, -0.2) is 4.79 Å². The summed E-state index contributed by atoms with van der Waals surface area (Å²) in [5.41, 5.74) is 10.5. The van der Waals surface area contributed by atoms with E-state index < -0.39 is 11.7 Å². The molecule has 0 aliphatic rings. The third-order valence-corrected chi connectivity index (χ3v) is 1.57. The number of ether oxygens (including phenoxy) is 1. The number of aliphatic imine (C=N–C) groups is 1. The Morgan fingerprint density at radius 2 is 2.12 bits per heavy atom. The minimum atomic E-state index is -0.470. The van der Waals surface area contributed by atoms with E-state index in [1.807, 2.05) is 20.8 Å². The highest BCUT2D eigenvalue weighted by Crippen LogP contribution is 2.06. The molecule has 0 aliphatic heterocycles. The first kappa shape index (κ1) is 15.3. The van der Waals surface area contributed by atoms with Crippen LogP contribution in [0.1, 0.15) is 27.2 Å². The van der Waals surface area contributed by atoms with E-state index in [4.69, 9.17) is 16.2 Å². The van der Waals surface area contributed by atoms with E-state index in [0.29, 0.717) is 25.2 Å². The number of nitrogens with two attached hydrogens (primary N) is 2. The van der Waals surface area contributed by atoms with Crippen LogP contribution >= 0.6 is 0 Å². The molecule has 0 aromatic carbocycles. The average molecular weight is 242 g/mol. The van der Waals surface area contributed by atoms with Crippen molar-refractivity contribution in [3.63, 3.8) is 0 Å². The van der Waals surface area contributed by atoms with E-state index in [2.05, 4.69) is 10.3 Å². The normalized spacial score (nSPS) is 12.8. The van der Waals surface area contributed by atoms with Gasteiger partial charge in [0.15, 0.2) is 0 Å². The number of alkyl carbamates (subject to hydrolysis) is 1. The van der Waals surface area contributed by atoms with Gasteiger partial charge in [-0.3, -0.25) is 4.99 Å². The van der Waals surface area contributed by atoms with Crippen LogP contribution in [-0.4, -0.2) is 31.0 Å². The summed E-state index contributed by atoms with van der Waals surface area (Å²) in [6.07, 6.45) is 3.08. The number of carbonyl (C=O) groups is 1.